The van der Waals surface area contributed by atoms with E-state index in [0.29, 0.717) is 10.6 Å². The molecule has 0 spiro atoms. The molecule has 1 rings (SSSR count). The Morgan fingerprint density at radius 1 is 1.32 bits per heavy atom. The molecule has 5 nitrogen and oxygen atoms in total. The summed E-state index contributed by atoms with van der Waals surface area (Å²) in [5.41, 5.74) is 8.88. The summed E-state index contributed by atoms with van der Waals surface area (Å²) in [5.74, 6) is -0.260. The summed E-state index contributed by atoms with van der Waals surface area (Å²) in [6.45, 7) is 2.87. The maximum Gasteiger partial charge on any atom is 0.257 e. The zero-order valence-corrected chi connectivity index (χ0v) is 11.7. The molecule has 104 valence electrons. The van der Waals surface area contributed by atoms with E-state index in [1.54, 1.807) is 24.3 Å². The second kappa shape index (κ2) is 8.37. The molecule has 1 amide bonds. The number of halogens is 1. The minimum atomic E-state index is -0.312. The number of carbonyl (C=O) groups is 1. The van der Waals surface area contributed by atoms with Crippen LogP contribution in [0.5, 0.6) is 0 Å². The summed E-state index contributed by atoms with van der Waals surface area (Å²) in [5, 5.41) is 6.93. The number of hydrogen-bond acceptors (Lipinski definition) is 3. The van der Waals surface area contributed by atoms with Crippen LogP contribution in [-0.2, 0) is 0 Å². The summed E-state index contributed by atoms with van der Waals surface area (Å²) < 4.78 is 0. The Morgan fingerprint density at radius 2 is 2.00 bits per heavy atom. The normalized spacial score (nSPS) is 11.2. The van der Waals surface area contributed by atoms with Crippen molar-refractivity contribution in [3.8, 4) is 0 Å². The minimum Gasteiger partial charge on any atom is -0.368 e. The molecule has 4 N–H and O–H groups in total. The van der Waals surface area contributed by atoms with Gasteiger partial charge in [0.1, 0.15) is 0 Å². The molecule has 0 atom stereocenters. The number of rotatable bonds is 6. The van der Waals surface area contributed by atoms with Gasteiger partial charge in [-0.2, -0.15) is 0 Å². The van der Waals surface area contributed by atoms with Crippen molar-refractivity contribution >= 4 is 23.5 Å². The molecular weight excluding hydrogens is 264 g/mol. The highest BCUT2D eigenvalue weighted by Crippen LogP contribution is 2.09. The highest BCUT2D eigenvalue weighted by atomic mass is 35.5. The number of benzene rings is 1. The molecular formula is C13H19ClN4O. The van der Waals surface area contributed by atoms with Crippen LogP contribution in [0, 0.1) is 0 Å². The molecule has 19 heavy (non-hydrogen) atoms. The van der Waals surface area contributed by atoms with Gasteiger partial charge in [-0.3, -0.25) is 10.1 Å². The van der Waals surface area contributed by atoms with Crippen molar-refractivity contribution in [2.24, 2.45) is 10.8 Å². The fourth-order valence-corrected chi connectivity index (χ4v) is 1.54. The number of unbranched alkanes of at least 4 members (excludes halogenated alkanes) is 2. The lowest BCUT2D eigenvalue weighted by molar-refractivity contribution is 0.0976. The Kier molecular flexibility index (Phi) is 6.74. The molecule has 0 heterocycles. The van der Waals surface area contributed by atoms with Crippen LogP contribution in [0.1, 0.15) is 36.5 Å². The lowest BCUT2D eigenvalue weighted by Gasteiger charge is -2.05. The number of guanidine groups is 1. The summed E-state index contributed by atoms with van der Waals surface area (Å²) in [6.07, 6.45) is 3.31. The Balaban J connectivity index is 2.38. The molecule has 0 radical (unpaired) electrons. The number of carbonyl (C=O) groups excluding carboxylic acids is 1. The van der Waals surface area contributed by atoms with Gasteiger partial charge in [0, 0.05) is 17.1 Å². The molecule has 0 fully saturated rings. The molecule has 1 aromatic rings. The van der Waals surface area contributed by atoms with Crippen LogP contribution in [-0.4, -0.2) is 18.4 Å². The molecule has 0 unspecified atom stereocenters. The Bertz CT molecular complexity index is 431. The van der Waals surface area contributed by atoms with E-state index in [2.05, 4.69) is 22.8 Å². The third-order valence-electron chi connectivity index (χ3n) is 2.44. The van der Waals surface area contributed by atoms with E-state index >= 15 is 0 Å². The smallest absolute Gasteiger partial charge is 0.257 e. The molecule has 0 aromatic heterocycles. The highest BCUT2D eigenvalue weighted by molar-refractivity contribution is 6.30. The van der Waals surface area contributed by atoms with Crippen molar-refractivity contribution in [1.29, 1.82) is 0 Å². The average molecular weight is 283 g/mol. The van der Waals surface area contributed by atoms with Crippen molar-refractivity contribution in [2.45, 2.75) is 26.2 Å². The molecule has 0 aliphatic heterocycles. The maximum absolute atomic E-state index is 11.8. The van der Waals surface area contributed by atoms with Gasteiger partial charge in [0.05, 0.1) is 0 Å². The summed E-state index contributed by atoms with van der Waals surface area (Å²) in [7, 11) is 0. The van der Waals surface area contributed by atoms with Gasteiger partial charge in [-0.1, -0.05) is 31.4 Å². The van der Waals surface area contributed by atoms with Crippen molar-refractivity contribution in [3.63, 3.8) is 0 Å². The molecule has 0 aliphatic carbocycles. The van der Waals surface area contributed by atoms with E-state index in [1.807, 2.05) is 0 Å². The van der Waals surface area contributed by atoms with Gasteiger partial charge in [-0.05, 0) is 30.7 Å². The third kappa shape index (κ3) is 6.10. The van der Waals surface area contributed by atoms with E-state index in [4.69, 9.17) is 17.3 Å². The molecule has 0 saturated carbocycles. The maximum atomic E-state index is 11.8. The fourth-order valence-electron chi connectivity index (χ4n) is 1.41. The number of hydrazone groups is 1. The molecule has 6 heteroatoms. The van der Waals surface area contributed by atoms with Gasteiger partial charge in [-0.15, -0.1) is 5.10 Å². The Hall–Kier alpha value is -1.75. The zero-order chi connectivity index (χ0) is 14.1. The van der Waals surface area contributed by atoms with Crippen LogP contribution in [0.4, 0.5) is 0 Å². The van der Waals surface area contributed by atoms with Gasteiger partial charge >= 0.3 is 0 Å². The predicted octanol–water partition coefficient (Wildman–Crippen LogP) is 2.08. The first-order chi connectivity index (χ1) is 9.13. The van der Waals surface area contributed by atoms with Gasteiger partial charge in [-0.25, -0.2) is 0 Å². The van der Waals surface area contributed by atoms with Crippen LogP contribution in [0.2, 0.25) is 5.02 Å². The van der Waals surface area contributed by atoms with Crippen LogP contribution < -0.4 is 16.5 Å². The Morgan fingerprint density at radius 3 is 2.63 bits per heavy atom. The van der Waals surface area contributed by atoms with Crippen molar-refractivity contribution in [3.05, 3.63) is 34.9 Å². The third-order valence-corrected chi connectivity index (χ3v) is 2.69. The predicted molar refractivity (Wildman–Crippen MR) is 78.1 cm³/mol. The SMILES string of the molecule is CCCCCN/N=C(\N)NC(=O)c1ccc(Cl)cc1. The highest BCUT2D eigenvalue weighted by Gasteiger charge is 2.06. The van der Waals surface area contributed by atoms with Crippen molar-refractivity contribution in [2.75, 3.05) is 6.54 Å². The standard InChI is InChI=1S/C13H19ClN4O/c1-2-3-4-9-16-18-13(15)17-12(19)10-5-7-11(14)8-6-10/h5-8,16H,2-4,9H2,1H3,(H3,15,17,18,19). The van der Waals surface area contributed by atoms with Gasteiger partial charge in [0.25, 0.3) is 5.91 Å². The molecule has 1 aromatic carbocycles. The molecule has 0 aliphatic rings. The van der Waals surface area contributed by atoms with Crippen LogP contribution in [0.3, 0.4) is 0 Å². The van der Waals surface area contributed by atoms with Gasteiger partial charge in [0.15, 0.2) is 0 Å². The van der Waals surface area contributed by atoms with Gasteiger partial charge in [0.2, 0.25) is 5.96 Å². The second-order valence-electron chi connectivity index (χ2n) is 4.07. The number of hydrogen-bond donors (Lipinski definition) is 3. The largest absolute Gasteiger partial charge is 0.368 e. The van der Waals surface area contributed by atoms with Crippen LogP contribution >= 0.6 is 11.6 Å². The van der Waals surface area contributed by atoms with Crippen LogP contribution in [0.15, 0.2) is 29.4 Å². The minimum absolute atomic E-state index is 0.0523. The quantitative estimate of drug-likeness (QED) is 0.323. The fraction of sp³-hybridized carbons (Fsp3) is 0.385. The van der Waals surface area contributed by atoms with E-state index in [1.165, 1.54) is 0 Å². The number of nitrogens with one attached hydrogen (secondary N) is 2. The first-order valence-corrected chi connectivity index (χ1v) is 6.64. The summed E-state index contributed by atoms with van der Waals surface area (Å²) in [6, 6.07) is 6.54. The first-order valence-electron chi connectivity index (χ1n) is 6.26. The number of amides is 1. The van der Waals surface area contributed by atoms with Crippen molar-refractivity contribution < 1.29 is 4.79 Å². The molecule has 0 bridgehead atoms. The number of nitrogens with two attached hydrogens (primary N) is 1. The Labute approximate surface area is 118 Å². The lowest BCUT2D eigenvalue weighted by Crippen LogP contribution is -2.38. The number of nitrogens with zero attached hydrogens (tertiary/aromatic N) is 1. The van der Waals surface area contributed by atoms with E-state index in [0.717, 1.165) is 25.8 Å². The second-order valence-corrected chi connectivity index (χ2v) is 4.51. The zero-order valence-electron chi connectivity index (χ0n) is 10.9. The molecule has 0 saturated heterocycles. The summed E-state index contributed by atoms with van der Waals surface area (Å²) in [4.78, 5) is 11.8. The topological polar surface area (TPSA) is 79.5 Å². The average Bonchev–Trinajstić information content (AvgIpc) is 2.39. The van der Waals surface area contributed by atoms with Crippen molar-refractivity contribution in [1.82, 2.24) is 10.7 Å². The van der Waals surface area contributed by atoms with E-state index < -0.39 is 0 Å². The monoisotopic (exact) mass is 282 g/mol. The van der Waals surface area contributed by atoms with Crippen LogP contribution in [0.25, 0.3) is 0 Å². The van der Waals surface area contributed by atoms with E-state index in [-0.39, 0.29) is 11.9 Å². The van der Waals surface area contributed by atoms with E-state index in [9.17, 15) is 4.79 Å². The first kappa shape index (κ1) is 15.3. The lowest BCUT2D eigenvalue weighted by atomic mass is 10.2. The van der Waals surface area contributed by atoms with Gasteiger partial charge < -0.3 is 11.2 Å². The summed E-state index contributed by atoms with van der Waals surface area (Å²) >= 11 is 5.74.